The summed E-state index contributed by atoms with van der Waals surface area (Å²) in [6, 6.07) is -1.32. The molecule has 4 amide bonds. The van der Waals surface area contributed by atoms with Crippen molar-refractivity contribution in [1.29, 1.82) is 0 Å². The quantitative estimate of drug-likeness (QED) is 0.324. The Balaban J connectivity index is 1.95. The smallest absolute Gasteiger partial charge is 0.407 e. The van der Waals surface area contributed by atoms with E-state index in [0.29, 0.717) is 31.8 Å². The highest BCUT2D eigenvalue weighted by molar-refractivity contribution is 8.01. The third-order valence-corrected chi connectivity index (χ3v) is 8.47. The van der Waals surface area contributed by atoms with Gasteiger partial charge in [-0.15, -0.1) is 0 Å². The molecule has 11 heteroatoms. The van der Waals surface area contributed by atoms with E-state index in [1.54, 1.807) is 16.7 Å². The number of likely N-dealkylation sites (tertiary alicyclic amines) is 1. The number of ether oxygens (including phenoxy) is 2. The minimum Gasteiger partial charge on any atom is -0.450 e. The molecular weight excluding hydrogens is 532 g/mol. The summed E-state index contributed by atoms with van der Waals surface area (Å²) >= 11 is 1.61. The van der Waals surface area contributed by atoms with Gasteiger partial charge in [0.05, 0.1) is 6.61 Å². The van der Waals surface area contributed by atoms with Crippen molar-refractivity contribution in [2.75, 3.05) is 19.7 Å². The highest BCUT2D eigenvalue weighted by Crippen LogP contribution is 2.34. The zero-order valence-corrected chi connectivity index (χ0v) is 26.6. The molecule has 0 aromatic heterocycles. The Bertz CT molecular complexity index is 867. The van der Waals surface area contributed by atoms with Crippen LogP contribution in [0, 0.1) is 5.92 Å². The highest BCUT2D eigenvalue weighted by atomic mass is 32.2. The Kier molecular flexibility index (Phi) is 12.9. The normalized spacial score (nSPS) is 22.4. The second kappa shape index (κ2) is 15.2. The van der Waals surface area contributed by atoms with Crippen LogP contribution in [0.25, 0.3) is 0 Å². The van der Waals surface area contributed by atoms with Crippen molar-refractivity contribution in [3.05, 3.63) is 0 Å². The Morgan fingerprint density at radius 2 is 1.62 bits per heavy atom. The summed E-state index contributed by atoms with van der Waals surface area (Å²) < 4.78 is 9.98. The van der Waals surface area contributed by atoms with Gasteiger partial charge in [-0.05, 0) is 90.7 Å². The van der Waals surface area contributed by atoms with Gasteiger partial charge in [0.1, 0.15) is 17.7 Å². The number of carbonyl (C=O) groups is 4. The Labute approximate surface area is 244 Å². The van der Waals surface area contributed by atoms with Crippen LogP contribution in [0.4, 0.5) is 9.59 Å². The Morgan fingerprint density at radius 1 is 0.975 bits per heavy atom. The lowest BCUT2D eigenvalue weighted by molar-refractivity contribution is -0.140. The summed E-state index contributed by atoms with van der Waals surface area (Å²) in [6.45, 7) is 16.7. The summed E-state index contributed by atoms with van der Waals surface area (Å²) in [5.41, 5.74) is -0.529. The first-order valence-corrected chi connectivity index (χ1v) is 15.7. The maximum absolute atomic E-state index is 13.8. The van der Waals surface area contributed by atoms with Crippen LogP contribution in [0.1, 0.15) is 100 Å². The van der Waals surface area contributed by atoms with E-state index in [2.05, 4.69) is 29.8 Å². The topological polar surface area (TPSA) is 126 Å². The van der Waals surface area contributed by atoms with E-state index in [4.69, 9.17) is 9.47 Å². The fourth-order valence-corrected chi connectivity index (χ4v) is 6.89. The molecule has 1 saturated heterocycles. The molecule has 2 fully saturated rings. The van der Waals surface area contributed by atoms with E-state index in [1.807, 2.05) is 41.5 Å². The summed E-state index contributed by atoms with van der Waals surface area (Å²) in [5, 5.41) is 9.08. The van der Waals surface area contributed by atoms with Gasteiger partial charge < -0.3 is 30.3 Å². The molecule has 2 rings (SSSR count). The van der Waals surface area contributed by atoms with Gasteiger partial charge in [0.25, 0.3) is 0 Å². The molecule has 1 aliphatic carbocycles. The average molecular weight is 585 g/mol. The van der Waals surface area contributed by atoms with E-state index in [-0.39, 0.29) is 29.7 Å². The zero-order chi connectivity index (χ0) is 30.1. The lowest BCUT2D eigenvalue weighted by atomic mass is 9.86. The molecular formula is C29H52N4O6S. The van der Waals surface area contributed by atoms with Crippen molar-refractivity contribution in [3.63, 3.8) is 0 Å². The van der Waals surface area contributed by atoms with Crippen molar-refractivity contribution >= 4 is 35.8 Å². The largest absolute Gasteiger partial charge is 0.450 e. The predicted molar refractivity (Wildman–Crippen MR) is 158 cm³/mol. The molecule has 1 saturated carbocycles. The maximum Gasteiger partial charge on any atom is 0.407 e. The van der Waals surface area contributed by atoms with Crippen LogP contribution >= 0.6 is 11.8 Å². The highest BCUT2D eigenvalue weighted by Gasteiger charge is 2.44. The minimum atomic E-state index is -0.828. The summed E-state index contributed by atoms with van der Waals surface area (Å²) in [6.07, 6.45) is 4.44. The molecule has 230 valence electrons. The van der Waals surface area contributed by atoms with Crippen LogP contribution in [-0.4, -0.2) is 82.3 Å². The lowest BCUT2D eigenvalue weighted by Crippen LogP contribution is -2.60. The number of hydrogen-bond acceptors (Lipinski definition) is 7. The van der Waals surface area contributed by atoms with Crippen LogP contribution in [-0.2, 0) is 19.1 Å². The molecule has 0 aromatic rings. The number of thioether (sulfide) groups is 1. The van der Waals surface area contributed by atoms with Crippen molar-refractivity contribution in [1.82, 2.24) is 20.9 Å². The van der Waals surface area contributed by atoms with Crippen LogP contribution in [0.2, 0.25) is 0 Å². The van der Waals surface area contributed by atoms with E-state index in [1.165, 1.54) is 0 Å². The van der Waals surface area contributed by atoms with Crippen LogP contribution < -0.4 is 16.0 Å². The molecule has 1 heterocycles. The first-order chi connectivity index (χ1) is 18.6. The molecule has 0 aromatic carbocycles. The Morgan fingerprint density at radius 3 is 2.20 bits per heavy atom. The number of nitrogens with one attached hydrogen (secondary N) is 3. The van der Waals surface area contributed by atoms with Crippen LogP contribution in [0.15, 0.2) is 0 Å². The van der Waals surface area contributed by atoms with E-state index in [9.17, 15) is 19.2 Å². The summed E-state index contributed by atoms with van der Waals surface area (Å²) in [5.74, 6) is -0.0882. The lowest BCUT2D eigenvalue weighted by Gasteiger charge is -2.38. The number of carbonyl (C=O) groups excluding carboxylic acids is 4. The first-order valence-electron chi connectivity index (χ1n) is 14.8. The molecule has 0 spiro atoms. The van der Waals surface area contributed by atoms with Crippen molar-refractivity contribution in [3.8, 4) is 0 Å². The molecule has 0 bridgehead atoms. The van der Waals surface area contributed by atoms with Gasteiger partial charge in [0.15, 0.2) is 0 Å². The van der Waals surface area contributed by atoms with Crippen molar-refractivity contribution in [2.45, 2.75) is 134 Å². The predicted octanol–water partition coefficient (Wildman–Crippen LogP) is 4.60. The molecule has 2 atom stereocenters. The second-order valence-corrected chi connectivity index (χ2v) is 15.0. The Hall–Kier alpha value is -2.17. The molecule has 10 nitrogen and oxygen atoms in total. The van der Waals surface area contributed by atoms with Gasteiger partial charge in [-0.3, -0.25) is 9.59 Å². The van der Waals surface area contributed by atoms with Gasteiger partial charge in [-0.2, -0.15) is 11.8 Å². The van der Waals surface area contributed by atoms with Crippen LogP contribution in [0.3, 0.4) is 0 Å². The fraction of sp³-hybridized carbons (Fsp3) is 0.862. The number of alkyl carbamates (subject to hydrolysis) is 2. The van der Waals surface area contributed by atoms with Crippen molar-refractivity contribution < 1.29 is 28.7 Å². The number of nitrogens with zero attached hydrogens (tertiary/aromatic N) is 1. The third kappa shape index (κ3) is 11.0. The minimum absolute atomic E-state index is 0.0743. The third-order valence-electron chi connectivity index (χ3n) is 7.15. The zero-order valence-electron chi connectivity index (χ0n) is 25.8. The number of hydrogen-bond donors (Lipinski definition) is 3. The molecule has 1 aliphatic heterocycles. The van der Waals surface area contributed by atoms with Gasteiger partial charge in [-0.1, -0.05) is 20.8 Å². The van der Waals surface area contributed by atoms with Gasteiger partial charge in [0, 0.05) is 23.9 Å². The number of rotatable bonds is 11. The monoisotopic (exact) mass is 584 g/mol. The van der Waals surface area contributed by atoms with Gasteiger partial charge >= 0.3 is 12.2 Å². The summed E-state index contributed by atoms with van der Waals surface area (Å²) in [4.78, 5) is 53.3. The maximum atomic E-state index is 13.8. The van der Waals surface area contributed by atoms with Crippen molar-refractivity contribution in [2.24, 2.45) is 5.92 Å². The average Bonchev–Trinajstić information content (AvgIpc) is 3.33. The van der Waals surface area contributed by atoms with E-state index in [0.717, 1.165) is 32.1 Å². The van der Waals surface area contributed by atoms with E-state index >= 15 is 0 Å². The number of amides is 4. The molecule has 2 aliphatic rings. The molecule has 0 unspecified atom stereocenters. The second-order valence-electron chi connectivity index (χ2n) is 12.8. The van der Waals surface area contributed by atoms with Gasteiger partial charge in [0.2, 0.25) is 11.8 Å². The summed E-state index contributed by atoms with van der Waals surface area (Å²) in [7, 11) is 0. The molecule has 0 radical (unpaired) electrons. The SMILES string of the molecule is CCCOC(=O)N[C@@H](C(=O)N1CCC[C@H]1C(=O)NCC1CCC(NC(=O)OC(C)(C)C)CC1)C(C)(C)SC(C)C. The molecule has 40 heavy (non-hydrogen) atoms. The van der Waals surface area contributed by atoms with Gasteiger partial charge in [-0.25, -0.2) is 9.59 Å². The molecule has 3 N–H and O–H groups in total. The van der Waals surface area contributed by atoms with E-state index < -0.39 is 34.6 Å². The first kappa shape index (κ1) is 34.0. The fourth-order valence-electron chi connectivity index (χ4n) is 5.38. The van der Waals surface area contributed by atoms with Crippen LogP contribution in [0.5, 0.6) is 0 Å². The standard InChI is InChI=1S/C29H52N4O6S/c1-9-17-38-26(36)32-23(29(7,8)40-19(2)3)25(35)33-16-10-11-22(33)24(34)30-18-20-12-14-21(15-13-20)31-27(37)39-28(4,5)6/h19-23H,9-18H2,1-8H3,(H,30,34)(H,31,37)(H,32,36)/t20?,21?,22-,23-/m0/s1.